The van der Waals surface area contributed by atoms with Crippen LogP contribution in [0.1, 0.15) is 116 Å². The minimum absolute atomic E-state index is 0.0156. The number of benzene rings is 12. The van der Waals surface area contributed by atoms with Crippen molar-refractivity contribution in [2.24, 2.45) is 47.3 Å². The summed E-state index contributed by atoms with van der Waals surface area (Å²) in [5.41, 5.74) is 11.9. The van der Waals surface area contributed by atoms with Gasteiger partial charge in [-0.15, -0.1) is 0 Å². The molecule has 12 aromatic carbocycles. The number of amides is 2. The van der Waals surface area contributed by atoms with Gasteiger partial charge >= 0.3 is 0 Å². The van der Waals surface area contributed by atoms with Gasteiger partial charge in [0.25, 0.3) is 11.8 Å². The van der Waals surface area contributed by atoms with Crippen molar-refractivity contribution in [2.75, 3.05) is 102 Å². The first kappa shape index (κ1) is 93.8. The third-order valence-electron chi connectivity index (χ3n) is 29.5. The van der Waals surface area contributed by atoms with Crippen molar-refractivity contribution >= 4 is 35.2 Å². The number of rotatable bonds is 21. The van der Waals surface area contributed by atoms with Crippen LogP contribution in [0.15, 0.2) is 224 Å². The number of Topliss-reactive ketones (excluding diaryl/α,β-unsaturated/α-hetero) is 3. The summed E-state index contributed by atoms with van der Waals surface area (Å²) in [6.07, 6.45) is 12.7. The summed E-state index contributed by atoms with van der Waals surface area (Å²) in [4.78, 5) is 68.3. The molecule has 8 unspecified atom stereocenters. The Kier molecular flexibility index (Phi) is 26.3. The summed E-state index contributed by atoms with van der Waals surface area (Å²) in [5.74, 6) is 19.0. The van der Waals surface area contributed by atoms with Gasteiger partial charge in [0.15, 0.2) is 138 Å². The number of likely N-dealkylation sites (tertiary alicyclic amines) is 1. The van der Waals surface area contributed by atoms with Crippen LogP contribution in [0.4, 0.5) is 0 Å². The van der Waals surface area contributed by atoms with Crippen LogP contribution in [-0.2, 0) is 64.2 Å². The maximum absolute atomic E-state index is 13.6. The Hall–Kier alpha value is -16.5. The van der Waals surface area contributed by atoms with Gasteiger partial charge in [0.1, 0.15) is 23.0 Å². The van der Waals surface area contributed by atoms with E-state index in [1.807, 2.05) is 140 Å². The minimum Gasteiger partial charge on any atom is -0.454 e. The standard InChI is InChI=1S/C26H20N2O8.C24H24O5.C22H23NO5.C22H16O6.C22H22O5/c29-25(17-3-6-21-24(10-17)36-14-33-21)28-18(7-15-1-4-19-22(8-15)34-12-31-19)26(30)27-11-16-2-5-20-23(9-16)35-13-32-20;25-24-18(7-14-1-5-20-22(9-14)28-12-26-20)16-3-4-17(11-16)19(24)8-15-2-6-21-23(10-15)29-13-27-21;1-23-10-16(6-14-2-4-18-20(8-14)27-12-25-18)22(24)17(11-23)7-15-3-5-19-21(9-15)28-13-26-19;1-4-16-19(26-10-23-16)7-13(1)22(14-2-5-17-20(8-14)27-11-24-17)15-3-6-18-21(9-15)28-12-25-18;23-22-16(8-14-4-6-18-20(10-14)26-12-24-18)2-1-3-17(22)9-15-5-7-19-21(11-15)27-13-25-19/h1-10H,11-14H2,(H,27,30)(H,28,29);1-2,5-6,9-10,16-19H,3-4,7-8,11-13H2;2-5,8-9,16-17H,6-7,10-13H2,1H3;1-9,22H,10-12H2;4-7,10-11,16-17H,1-3,8-9,12-13H2/b18-7+;;;;. The molecular weight excluding hydrogens is 1900 g/mol. The molecule has 1 saturated heterocycles. The second-order valence-corrected chi connectivity index (χ2v) is 38.9. The summed E-state index contributed by atoms with van der Waals surface area (Å²) < 4.78 is 131. The van der Waals surface area contributed by atoms with E-state index in [1.165, 1.54) is 30.4 Å². The lowest BCUT2D eigenvalue weighted by atomic mass is 9.68. The van der Waals surface area contributed by atoms with Gasteiger partial charge in [0.05, 0.1) is 0 Å². The van der Waals surface area contributed by atoms with Crippen LogP contribution in [-0.4, -0.2) is 136 Å². The summed E-state index contributed by atoms with van der Waals surface area (Å²) in [5, 5.41) is 5.56. The molecule has 3 saturated carbocycles. The number of carbonyl (C=O) groups is 5. The van der Waals surface area contributed by atoms with Gasteiger partial charge in [-0.1, -0.05) is 73.2 Å². The molecule has 32 heteroatoms. The van der Waals surface area contributed by atoms with Crippen LogP contribution in [0.25, 0.3) is 6.08 Å². The van der Waals surface area contributed by atoms with Gasteiger partial charge in [0.2, 0.25) is 81.5 Å². The maximum atomic E-state index is 13.6. The highest BCUT2D eigenvalue weighted by atomic mass is 16.7. The molecule has 8 atom stereocenters. The Labute approximate surface area is 851 Å². The lowest BCUT2D eigenvalue weighted by molar-refractivity contribution is -0.132. The van der Waals surface area contributed by atoms with Crippen molar-refractivity contribution in [2.45, 2.75) is 89.5 Å². The lowest BCUT2D eigenvalue weighted by Crippen LogP contribution is -2.46. The van der Waals surface area contributed by atoms with Crippen LogP contribution in [0, 0.1) is 47.3 Å². The summed E-state index contributed by atoms with van der Waals surface area (Å²) in [6.45, 7) is 4.56. The largest absolute Gasteiger partial charge is 0.454 e. The second-order valence-electron chi connectivity index (χ2n) is 38.9. The van der Waals surface area contributed by atoms with E-state index in [9.17, 15) is 24.0 Å². The van der Waals surface area contributed by atoms with Gasteiger partial charge in [-0.2, -0.15) is 0 Å². The Morgan fingerprint density at radius 1 is 0.291 bits per heavy atom. The number of ether oxygens (including phenoxy) is 24. The van der Waals surface area contributed by atoms with Crippen molar-refractivity contribution in [3.05, 3.63) is 291 Å². The first-order valence-electron chi connectivity index (χ1n) is 49.9. The molecule has 28 rings (SSSR count). The Balaban J connectivity index is 0.0000000992. The van der Waals surface area contributed by atoms with Crippen molar-refractivity contribution < 1.29 is 138 Å². The summed E-state index contributed by atoms with van der Waals surface area (Å²) >= 11 is 0. The Bertz CT molecular complexity index is 6810. The second kappa shape index (κ2) is 41.5. The predicted molar refractivity (Wildman–Crippen MR) is 529 cm³/mol. The van der Waals surface area contributed by atoms with Crippen LogP contribution < -0.4 is 124 Å². The highest BCUT2D eigenvalue weighted by Crippen LogP contribution is 2.52. The molecule has 3 aliphatic carbocycles. The molecule has 4 fully saturated rings. The van der Waals surface area contributed by atoms with E-state index in [2.05, 4.69) is 52.9 Å². The van der Waals surface area contributed by atoms with Crippen LogP contribution in [0.2, 0.25) is 0 Å². The van der Waals surface area contributed by atoms with Crippen LogP contribution in [0.5, 0.6) is 138 Å². The number of hydrogen-bond acceptors (Lipinski definition) is 30. The van der Waals surface area contributed by atoms with E-state index < -0.39 is 11.8 Å². The maximum Gasteiger partial charge on any atom is 0.268 e. The molecule has 32 nitrogen and oxygen atoms in total. The van der Waals surface area contributed by atoms with E-state index in [1.54, 1.807) is 54.6 Å². The van der Waals surface area contributed by atoms with E-state index in [-0.39, 0.29) is 135 Å². The number of ketones is 3. The molecule has 0 aromatic heterocycles. The molecule has 13 heterocycles. The molecule has 758 valence electrons. The Morgan fingerprint density at radius 2 is 0.561 bits per heavy atom. The van der Waals surface area contributed by atoms with E-state index in [0.717, 1.165) is 219 Å². The van der Waals surface area contributed by atoms with Gasteiger partial charge in [-0.25, -0.2) is 0 Å². The number of hydrogen-bond donors (Lipinski definition) is 2. The first-order chi connectivity index (χ1) is 72.6. The predicted octanol–water partition coefficient (Wildman–Crippen LogP) is 17.8. The highest BCUT2D eigenvalue weighted by Gasteiger charge is 2.48. The van der Waals surface area contributed by atoms with Gasteiger partial charge in [-0.05, 0) is 308 Å². The van der Waals surface area contributed by atoms with Crippen LogP contribution in [0.3, 0.4) is 0 Å². The van der Waals surface area contributed by atoms with Gasteiger partial charge in [0, 0.05) is 66.6 Å². The monoisotopic (exact) mass is 2000 g/mol. The molecule has 0 radical (unpaired) electrons. The number of fused-ring (bicyclic) bond motifs is 14. The quantitative estimate of drug-likeness (QED) is 0.0498. The average molecular weight is 2010 g/mol. The minimum atomic E-state index is -0.474. The summed E-state index contributed by atoms with van der Waals surface area (Å²) in [6, 6.07) is 69.7. The number of nitrogens with zero attached hydrogens (tertiary/aromatic N) is 1. The SMILES string of the molecule is CN1CC(Cc2ccc3c(c2)OCO3)C(=O)C(Cc2ccc3c(c2)OCO3)C1.O=C(NCc1ccc2c(c1)OCO2)/C(=C\c1ccc2c(c1)OCO2)NC(=O)c1ccc2c(c1)OCO2.O=C1C(Cc2ccc3c(c2)OCO3)C2CCC(C2)C1Cc1ccc2c(c1)OCO2.O=C1C(Cc2ccc3c(c2)OCO3)CCCC1Cc1ccc2c(c1)OCO2.c1cc2c(cc1C(c1ccc3c(c1)OCO3)c1ccc3c(c1)OCO3)OCO2. The third-order valence-corrected chi connectivity index (χ3v) is 29.5. The van der Waals surface area contributed by atoms with E-state index in [4.69, 9.17) is 114 Å². The smallest absolute Gasteiger partial charge is 0.268 e. The number of piperidine rings is 1. The molecule has 12 aromatic rings. The van der Waals surface area contributed by atoms with E-state index >= 15 is 0 Å². The van der Waals surface area contributed by atoms with Crippen molar-refractivity contribution in [3.8, 4) is 138 Å². The normalized spacial score (nSPS) is 20.6. The lowest BCUT2D eigenvalue weighted by Gasteiger charge is -2.34. The zero-order valence-electron chi connectivity index (χ0n) is 80.9. The Morgan fingerprint density at radius 3 is 0.912 bits per heavy atom. The molecule has 0 spiro atoms. The molecule has 2 amide bonds. The molecule has 13 aliphatic heterocycles. The number of nitrogens with one attached hydrogen (secondary N) is 2. The fourth-order valence-electron chi connectivity index (χ4n) is 22.2. The summed E-state index contributed by atoms with van der Waals surface area (Å²) in [7, 11) is 2.09. The van der Waals surface area contributed by atoms with Crippen LogP contribution >= 0.6 is 0 Å². The first-order valence-corrected chi connectivity index (χ1v) is 49.9. The third kappa shape index (κ3) is 20.4. The molecule has 148 heavy (non-hydrogen) atoms. The average Bonchev–Trinajstić information content (AvgIpc) is 1.62. The van der Waals surface area contributed by atoms with E-state index in [0.29, 0.717) is 74.8 Å². The fourth-order valence-corrected chi connectivity index (χ4v) is 22.2. The highest BCUT2D eigenvalue weighted by molar-refractivity contribution is 6.05. The fraction of sp³-hybridized carbons (Fsp3) is 0.319. The van der Waals surface area contributed by atoms with Crippen molar-refractivity contribution in [1.29, 1.82) is 0 Å². The molecular formula is C116H105N3O29. The zero-order chi connectivity index (χ0) is 99.7. The van der Waals surface area contributed by atoms with Crippen molar-refractivity contribution in [3.63, 3.8) is 0 Å². The zero-order valence-corrected chi connectivity index (χ0v) is 80.9. The topological polar surface area (TPSA) is 334 Å². The molecule has 16 aliphatic rings. The van der Waals surface area contributed by atoms with Gasteiger partial charge < -0.3 is 129 Å². The molecule has 2 bridgehead atoms. The molecule has 2 N–H and O–H groups in total. The van der Waals surface area contributed by atoms with Gasteiger partial charge in [-0.3, -0.25) is 24.0 Å². The van der Waals surface area contributed by atoms with Crippen molar-refractivity contribution in [1.82, 2.24) is 15.5 Å². The number of carbonyl (C=O) groups excluding carboxylic acids is 5.